The number of nitrogens with zero attached hydrogens (tertiary/aromatic N) is 3. The van der Waals surface area contributed by atoms with Crippen molar-refractivity contribution in [3.63, 3.8) is 0 Å². The number of anilines is 1. The maximum atomic E-state index is 14.6. The van der Waals surface area contributed by atoms with E-state index >= 15 is 0 Å². The van der Waals surface area contributed by atoms with Crippen molar-refractivity contribution < 1.29 is 33.6 Å². The van der Waals surface area contributed by atoms with Gasteiger partial charge in [0.2, 0.25) is 11.8 Å². The van der Waals surface area contributed by atoms with Crippen molar-refractivity contribution in [3.8, 4) is 5.75 Å². The largest absolute Gasteiger partial charge is 0.505 e. The lowest BCUT2D eigenvalue weighted by molar-refractivity contribution is -0.384. The molecule has 2 aromatic carbocycles. The predicted molar refractivity (Wildman–Crippen MR) is 147 cm³/mol. The number of phenolic OH excluding ortho intramolecular Hbond substituents is 1. The number of alkyl halides is 3. The standard InChI is InChI=1S/C27H19BrCl2FN3O7/c28-11-32-24(38)26(29)10-17-14(20(27(26,30)25(32)39)16-5-2-6-18(31)21(16)35)7-8-15-19(17)23(37)33(22(15)36)12-3-1-4-13(9-12)34(40)41/h1-7,9,15,17,19-20,35H,8,10-11H2. The number of allylic oxidation sites excluding steroid dienone is 2. The number of fused-ring (bicyclic) bond motifs is 4. The number of non-ortho nitro benzene ring substituents is 1. The van der Waals surface area contributed by atoms with Gasteiger partial charge in [-0.05, 0) is 30.9 Å². The fourth-order valence-electron chi connectivity index (χ4n) is 6.86. The molecule has 6 atom stereocenters. The number of amides is 4. The highest BCUT2D eigenvalue weighted by Gasteiger charge is 2.76. The first-order chi connectivity index (χ1) is 19.4. The van der Waals surface area contributed by atoms with E-state index in [0.29, 0.717) is 5.57 Å². The van der Waals surface area contributed by atoms with Crippen molar-refractivity contribution >= 4 is 74.1 Å². The Morgan fingerprint density at radius 2 is 1.78 bits per heavy atom. The number of nitro groups is 1. The fraction of sp³-hybridized carbons (Fsp3) is 0.333. The first kappa shape index (κ1) is 27.8. The number of phenols is 1. The highest BCUT2D eigenvalue weighted by atomic mass is 79.9. The summed E-state index contributed by atoms with van der Waals surface area (Å²) in [5, 5.41) is 22.1. The number of hydrogen-bond acceptors (Lipinski definition) is 7. The molecular weight excluding hydrogens is 648 g/mol. The van der Waals surface area contributed by atoms with Crippen LogP contribution in [0, 0.1) is 33.7 Å². The highest BCUT2D eigenvalue weighted by molar-refractivity contribution is 9.09. The molecule has 14 heteroatoms. The molecule has 0 bridgehead atoms. The number of hydrogen-bond donors (Lipinski definition) is 1. The molecule has 212 valence electrons. The van der Waals surface area contributed by atoms with Gasteiger partial charge in [-0.2, -0.15) is 0 Å². The molecule has 1 N–H and O–H groups in total. The van der Waals surface area contributed by atoms with E-state index in [2.05, 4.69) is 15.9 Å². The lowest BCUT2D eigenvalue weighted by atomic mass is 9.56. The minimum absolute atomic E-state index is 0.0187. The molecule has 10 nitrogen and oxygen atoms in total. The second kappa shape index (κ2) is 9.33. The number of imide groups is 2. The van der Waals surface area contributed by atoms with E-state index < -0.39 is 73.5 Å². The maximum absolute atomic E-state index is 14.6. The molecule has 1 saturated carbocycles. The van der Waals surface area contributed by atoms with Gasteiger partial charge >= 0.3 is 0 Å². The summed E-state index contributed by atoms with van der Waals surface area (Å²) in [6, 6.07) is 8.81. The number of carbonyl (C=O) groups excluding carboxylic acids is 4. The van der Waals surface area contributed by atoms with E-state index in [4.69, 9.17) is 23.2 Å². The molecule has 0 aromatic heterocycles. The van der Waals surface area contributed by atoms with Crippen LogP contribution in [0.15, 0.2) is 54.1 Å². The number of likely N-dealkylation sites (tertiary alicyclic amines) is 1. The maximum Gasteiger partial charge on any atom is 0.271 e. The van der Waals surface area contributed by atoms with E-state index in [1.807, 2.05) is 0 Å². The van der Waals surface area contributed by atoms with E-state index in [1.165, 1.54) is 30.3 Å². The SMILES string of the molecule is O=C1C2CC=C3C(CC4(Cl)C(=O)N(CBr)C(=O)C4(Cl)C3c3cccc(F)c3O)C2C(=O)N1c1cccc([N+](=O)[O-])c1. The topological polar surface area (TPSA) is 138 Å². The Kier molecular flexibility index (Phi) is 6.33. The van der Waals surface area contributed by atoms with Gasteiger partial charge in [-0.1, -0.05) is 45.8 Å². The summed E-state index contributed by atoms with van der Waals surface area (Å²) in [4.78, 5) is 62.9. The van der Waals surface area contributed by atoms with Crippen molar-refractivity contribution in [2.45, 2.75) is 28.5 Å². The summed E-state index contributed by atoms with van der Waals surface area (Å²) in [7, 11) is 0. The van der Waals surface area contributed by atoms with E-state index in [9.17, 15) is 38.8 Å². The molecular formula is C27H19BrCl2FN3O7. The summed E-state index contributed by atoms with van der Waals surface area (Å²) in [6.07, 6.45) is 1.37. The van der Waals surface area contributed by atoms with Crippen molar-refractivity contribution in [1.82, 2.24) is 4.90 Å². The fourth-order valence-corrected chi connectivity index (χ4v) is 8.28. The lowest BCUT2D eigenvalue weighted by Crippen LogP contribution is -2.60. The van der Waals surface area contributed by atoms with Crippen molar-refractivity contribution in [3.05, 3.63) is 75.6 Å². The second-order valence-corrected chi connectivity index (χ2v) is 12.2. The number of rotatable bonds is 4. The number of halogens is 4. The van der Waals surface area contributed by atoms with Crippen LogP contribution in [0.5, 0.6) is 5.75 Å². The smallest absolute Gasteiger partial charge is 0.271 e. The molecule has 2 saturated heterocycles. The number of carbonyl (C=O) groups is 4. The molecule has 2 heterocycles. The van der Waals surface area contributed by atoms with Crippen LogP contribution in [0.1, 0.15) is 24.3 Å². The van der Waals surface area contributed by atoms with Gasteiger partial charge in [0, 0.05) is 23.6 Å². The van der Waals surface area contributed by atoms with Gasteiger partial charge in [0.1, 0.15) is 0 Å². The Hall–Kier alpha value is -3.35. The summed E-state index contributed by atoms with van der Waals surface area (Å²) >= 11 is 17.2. The van der Waals surface area contributed by atoms with E-state index in [1.54, 1.807) is 6.08 Å². The average molecular weight is 667 g/mol. The van der Waals surface area contributed by atoms with Crippen LogP contribution >= 0.6 is 39.1 Å². The number of nitro benzene ring substituents is 1. The van der Waals surface area contributed by atoms with Gasteiger partial charge < -0.3 is 5.11 Å². The van der Waals surface area contributed by atoms with Crippen LogP contribution in [-0.4, -0.2) is 53.8 Å². The van der Waals surface area contributed by atoms with Gasteiger partial charge in [-0.3, -0.25) is 34.2 Å². The van der Waals surface area contributed by atoms with Crippen LogP contribution in [0.25, 0.3) is 0 Å². The molecule has 0 radical (unpaired) electrons. The van der Waals surface area contributed by atoms with Crippen LogP contribution in [0.2, 0.25) is 0 Å². The number of para-hydroxylation sites is 1. The monoisotopic (exact) mass is 665 g/mol. The Labute approximate surface area is 250 Å². The summed E-state index contributed by atoms with van der Waals surface area (Å²) in [6.45, 7) is 0. The molecule has 6 rings (SSSR count). The molecule has 0 spiro atoms. The Balaban J connectivity index is 1.52. The lowest BCUT2D eigenvalue weighted by Gasteiger charge is -2.50. The van der Waals surface area contributed by atoms with Gasteiger partial charge in [-0.15, -0.1) is 23.2 Å². The third-order valence-electron chi connectivity index (χ3n) is 8.64. The van der Waals surface area contributed by atoms with Gasteiger partial charge in [0.25, 0.3) is 17.5 Å². The molecule has 4 amide bonds. The molecule has 6 unspecified atom stereocenters. The summed E-state index contributed by atoms with van der Waals surface area (Å²) in [5.41, 5.74) is -0.247. The summed E-state index contributed by atoms with van der Waals surface area (Å²) < 4.78 is 14.6. The third-order valence-corrected chi connectivity index (χ3v) is 10.6. The Morgan fingerprint density at radius 1 is 1.07 bits per heavy atom. The zero-order chi connectivity index (χ0) is 29.6. The molecule has 2 aliphatic carbocycles. The first-order valence-corrected chi connectivity index (χ1v) is 14.4. The van der Waals surface area contributed by atoms with Crippen molar-refractivity contribution in [1.29, 1.82) is 0 Å². The Bertz CT molecular complexity index is 1620. The minimum atomic E-state index is -2.19. The second-order valence-electron chi connectivity index (χ2n) is 10.5. The molecule has 41 heavy (non-hydrogen) atoms. The zero-order valence-electron chi connectivity index (χ0n) is 20.8. The molecule has 3 fully saturated rings. The third kappa shape index (κ3) is 3.53. The predicted octanol–water partition coefficient (Wildman–Crippen LogP) is 4.36. The van der Waals surface area contributed by atoms with Crippen LogP contribution in [-0.2, 0) is 19.2 Å². The number of benzene rings is 2. The van der Waals surface area contributed by atoms with Crippen molar-refractivity contribution in [2.75, 3.05) is 10.4 Å². The molecule has 4 aliphatic rings. The quantitative estimate of drug-likeness (QED) is 0.128. The highest BCUT2D eigenvalue weighted by Crippen LogP contribution is 2.66. The zero-order valence-corrected chi connectivity index (χ0v) is 23.9. The van der Waals surface area contributed by atoms with E-state index in [-0.39, 0.29) is 35.2 Å². The van der Waals surface area contributed by atoms with Crippen molar-refractivity contribution in [2.24, 2.45) is 17.8 Å². The molecule has 2 aromatic rings. The number of aromatic hydroxyl groups is 1. The van der Waals surface area contributed by atoms with Gasteiger partial charge in [0.05, 0.1) is 27.9 Å². The molecule has 2 aliphatic heterocycles. The van der Waals surface area contributed by atoms with Gasteiger partial charge in [0.15, 0.2) is 21.3 Å². The normalized spacial score (nSPS) is 32.5. The van der Waals surface area contributed by atoms with Crippen LogP contribution in [0.3, 0.4) is 0 Å². The first-order valence-electron chi connectivity index (χ1n) is 12.5. The van der Waals surface area contributed by atoms with E-state index in [0.717, 1.165) is 21.9 Å². The average Bonchev–Trinajstić information content (AvgIpc) is 3.28. The Morgan fingerprint density at radius 3 is 2.46 bits per heavy atom. The van der Waals surface area contributed by atoms with Crippen LogP contribution in [0.4, 0.5) is 15.8 Å². The van der Waals surface area contributed by atoms with Gasteiger partial charge in [-0.25, -0.2) is 9.29 Å². The minimum Gasteiger partial charge on any atom is -0.505 e. The van der Waals surface area contributed by atoms with Crippen LogP contribution < -0.4 is 4.90 Å². The summed E-state index contributed by atoms with van der Waals surface area (Å²) in [5.74, 6) is -8.87.